The molecule has 0 aliphatic carbocycles. The number of nitrogens with zero attached hydrogens (tertiary/aromatic N) is 1. The van der Waals surface area contributed by atoms with Crippen LogP contribution in [0.25, 0.3) is 0 Å². The first-order chi connectivity index (χ1) is 6.24. The molecule has 0 radical (unpaired) electrons. The molecule has 2 atom stereocenters. The van der Waals surface area contributed by atoms with E-state index < -0.39 is 0 Å². The van der Waals surface area contributed by atoms with Gasteiger partial charge in [-0.2, -0.15) is 0 Å². The van der Waals surface area contributed by atoms with Gasteiger partial charge in [-0.15, -0.1) is 6.42 Å². The summed E-state index contributed by atoms with van der Waals surface area (Å²) in [6, 6.07) is 0.238. The summed E-state index contributed by atoms with van der Waals surface area (Å²) in [5, 5.41) is 0. The van der Waals surface area contributed by atoms with Crippen LogP contribution in [0.3, 0.4) is 0 Å². The van der Waals surface area contributed by atoms with Crippen LogP contribution in [0.4, 0.5) is 0 Å². The predicted octanol–water partition coefficient (Wildman–Crippen LogP) is 1.37. The predicted molar refractivity (Wildman–Crippen MR) is 54.5 cm³/mol. The second kappa shape index (κ2) is 5.26. The molecule has 0 aromatic rings. The maximum Gasteiger partial charge on any atom is 0.0680 e. The highest BCUT2D eigenvalue weighted by Crippen LogP contribution is 2.15. The van der Waals surface area contributed by atoms with Gasteiger partial charge in [0, 0.05) is 13.2 Å². The Labute approximate surface area is 81.3 Å². The van der Waals surface area contributed by atoms with E-state index in [1.165, 1.54) is 12.8 Å². The standard InChI is InChI=1S/C11H19NO/c1-4-10(2)12(3)8-11-6-5-7-13-9-11/h1,10-11H,5-9H2,2-3H3. The van der Waals surface area contributed by atoms with Crippen LogP contribution >= 0.6 is 0 Å². The van der Waals surface area contributed by atoms with Crippen molar-refractivity contribution >= 4 is 0 Å². The minimum atomic E-state index is 0.238. The number of rotatable bonds is 3. The van der Waals surface area contributed by atoms with Gasteiger partial charge in [-0.05, 0) is 32.7 Å². The average molecular weight is 181 g/mol. The fourth-order valence-corrected chi connectivity index (χ4v) is 1.64. The molecule has 74 valence electrons. The van der Waals surface area contributed by atoms with Gasteiger partial charge in [-0.1, -0.05) is 5.92 Å². The summed E-state index contributed by atoms with van der Waals surface area (Å²) in [4.78, 5) is 2.22. The van der Waals surface area contributed by atoms with Crippen molar-refractivity contribution in [3.05, 3.63) is 0 Å². The summed E-state index contributed by atoms with van der Waals surface area (Å²) in [7, 11) is 2.08. The van der Waals surface area contributed by atoms with E-state index in [1.54, 1.807) is 0 Å². The van der Waals surface area contributed by atoms with Gasteiger partial charge < -0.3 is 4.74 Å². The van der Waals surface area contributed by atoms with Crippen LogP contribution in [0.2, 0.25) is 0 Å². The van der Waals surface area contributed by atoms with Crippen molar-refractivity contribution in [3.63, 3.8) is 0 Å². The molecule has 0 aromatic carbocycles. The largest absolute Gasteiger partial charge is 0.381 e. The molecule has 1 aliphatic heterocycles. The zero-order valence-corrected chi connectivity index (χ0v) is 8.62. The third-order valence-corrected chi connectivity index (χ3v) is 2.70. The number of hydrogen-bond donors (Lipinski definition) is 0. The van der Waals surface area contributed by atoms with Gasteiger partial charge >= 0.3 is 0 Å². The Balaban J connectivity index is 2.26. The highest BCUT2D eigenvalue weighted by atomic mass is 16.5. The zero-order chi connectivity index (χ0) is 9.68. The van der Waals surface area contributed by atoms with Gasteiger partial charge in [0.05, 0.1) is 12.6 Å². The van der Waals surface area contributed by atoms with E-state index in [-0.39, 0.29) is 6.04 Å². The van der Waals surface area contributed by atoms with E-state index in [9.17, 15) is 0 Å². The van der Waals surface area contributed by atoms with Crippen molar-refractivity contribution in [2.75, 3.05) is 26.8 Å². The SMILES string of the molecule is C#CC(C)N(C)CC1CCCOC1. The van der Waals surface area contributed by atoms with Crippen LogP contribution in [0, 0.1) is 18.3 Å². The highest BCUT2D eigenvalue weighted by molar-refractivity contribution is 4.96. The van der Waals surface area contributed by atoms with Gasteiger partial charge in [0.25, 0.3) is 0 Å². The lowest BCUT2D eigenvalue weighted by atomic mass is 10.0. The minimum Gasteiger partial charge on any atom is -0.381 e. The van der Waals surface area contributed by atoms with Gasteiger partial charge in [-0.3, -0.25) is 4.90 Å². The number of ether oxygens (including phenoxy) is 1. The summed E-state index contributed by atoms with van der Waals surface area (Å²) in [6.07, 6.45) is 7.83. The molecule has 1 saturated heterocycles. The first-order valence-electron chi connectivity index (χ1n) is 4.98. The third-order valence-electron chi connectivity index (χ3n) is 2.70. The third kappa shape index (κ3) is 3.38. The monoisotopic (exact) mass is 181 g/mol. The molecule has 0 amide bonds. The van der Waals surface area contributed by atoms with E-state index >= 15 is 0 Å². The smallest absolute Gasteiger partial charge is 0.0680 e. The molecule has 1 heterocycles. The molecule has 2 nitrogen and oxygen atoms in total. The summed E-state index contributed by atoms with van der Waals surface area (Å²) in [5.74, 6) is 3.41. The van der Waals surface area contributed by atoms with E-state index in [0.29, 0.717) is 5.92 Å². The number of terminal acetylenes is 1. The average Bonchev–Trinajstić information content (AvgIpc) is 2.18. The van der Waals surface area contributed by atoms with Crippen LogP contribution in [0.15, 0.2) is 0 Å². The van der Waals surface area contributed by atoms with Crippen molar-refractivity contribution in [2.45, 2.75) is 25.8 Å². The molecular weight excluding hydrogens is 162 g/mol. The molecule has 1 rings (SSSR count). The second-order valence-corrected chi connectivity index (χ2v) is 3.87. The normalized spacial score (nSPS) is 25.5. The lowest BCUT2D eigenvalue weighted by Crippen LogP contribution is -2.35. The van der Waals surface area contributed by atoms with Gasteiger partial charge in [0.15, 0.2) is 0 Å². The minimum absolute atomic E-state index is 0.238. The second-order valence-electron chi connectivity index (χ2n) is 3.87. The zero-order valence-electron chi connectivity index (χ0n) is 8.62. The quantitative estimate of drug-likeness (QED) is 0.610. The summed E-state index contributed by atoms with van der Waals surface area (Å²) in [5.41, 5.74) is 0. The van der Waals surface area contributed by atoms with Crippen LogP contribution in [-0.2, 0) is 4.74 Å². The Morgan fingerprint density at radius 1 is 1.69 bits per heavy atom. The maximum absolute atomic E-state index is 5.42. The lowest BCUT2D eigenvalue weighted by molar-refractivity contribution is 0.0401. The van der Waals surface area contributed by atoms with E-state index in [2.05, 4.69) is 24.8 Å². The molecule has 0 N–H and O–H groups in total. The van der Waals surface area contributed by atoms with Crippen LogP contribution in [0.5, 0.6) is 0 Å². The Hall–Kier alpha value is -0.520. The van der Waals surface area contributed by atoms with Crippen LogP contribution < -0.4 is 0 Å². The fraction of sp³-hybridized carbons (Fsp3) is 0.818. The molecule has 0 aromatic heterocycles. The molecule has 1 fully saturated rings. The maximum atomic E-state index is 5.42. The van der Waals surface area contributed by atoms with E-state index in [0.717, 1.165) is 19.8 Å². The Morgan fingerprint density at radius 3 is 3.00 bits per heavy atom. The molecule has 13 heavy (non-hydrogen) atoms. The lowest BCUT2D eigenvalue weighted by Gasteiger charge is -2.28. The number of hydrogen-bond acceptors (Lipinski definition) is 2. The van der Waals surface area contributed by atoms with E-state index in [1.807, 2.05) is 0 Å². The first kappa shape index (κ1) is 10.6. The van der Waals surface area contributed by atoms with Gasteiger partial charge in [-0.25, -0.2) is 0 Å². The van der Waals surface area contributed by atoms with Crippen molar-refractivity contribution in [1.29, 1.82) is 0 Å². The van der Waals surface area contributed by atoms with Gasteiger partial charge in [0.1, 0.15) is 0 Å². The Morgan fingerprint density at radius 2 is 2.46 bits per heavy atom. The molecule has 2 heteroatoms. The summed E-state index contributed by atoms with van der Waals surface area (Å²) < 4.78 is 5.42. The first-order valence-corrected chi connectivity index (χ1v) is 4.98. The van der Waals surface area contributed by atoms with Gasteiger partial charge in [0.2, 0.25) is 0 Å². The highest BCUT2D eigenvalue weighted by Gasteiger charge is 2.17. The molecule has 1 aliphatic rings. The fourth-order valence-electron chi connectivity index (χ4n) is 1.64. The topological polar surface area (TPSA) is 12.5 Å². The Kier molecular flexibility index (Phi) is 4.27. The van der Waals surface area contributed by atoms with E-state index in [4.69, 9.17) is 11.2 Å². The summed E-state index contributed by atoms with van der Waals surface area (Å²) >= 11 is 0. The van der Waals surface area contributed by atoms with Crippen molar-refractivity contribution in [1.82, 2.24) is 4.90 Å². The summed E-state index contributed by atoms with van der Waals surface area (Å²) in [6.45, 7) is 4.96. The molecule has 0 bridgehead atoms. The van der Waals surface area contributed by atoms with Crippen molar-refractivity contribution in [3.8, 4) is 12.3 Å². The van der Waals surface area contributed by atoms with Crippen molar-refractivity contribution in [2.24, 2.45) is 5.92 Å². The molecule has 0 saturated carbocycles. The molecular formula is C11H19NO. The molecule has 0 spiro atoms. The van der Waals surface area contributed by atoms with Crippen LogP contribution in [0.1, 0.15) is 19.8 Å². The van der Waals surface area contributed by atoms with Crippen LogP contribution in [-0.4, -0.2) is 37.7 Å². The molecule has 2 unspecified atom stereocenters. The van der Waals surface area contributed by atoms with Crippen molar-refractivity contribution < 1.29 is 4.74 Å². The Bertz CT molecular complexity index is 179.